The highest BCUT2D eigenvalue weighted by Crippen LogP contribution is 2.28. The second-order valence-electron chi connectivity index (χ2n) is 7.65. The van der Waals surface area contributed by atoms with E-state index in [1.165, 1.54) is 11.8 Å². The van der Waals surface area contributed by atoms with E-state index in [4.69, 9.17) is 9.15 Å². The molecular formula is C22H27N5O3S. The summed E-state index contributed by atoms with van der Waals surface area (Å²) in [6, 6.07) is 11.2. The number of rotatable bonds is 8. The number of furan rings is 1. The Kier molecular flexibility index (Phi) is 6.81. The van der Waals surface area contributed by atoms with Gasteiger partial charge < -0.3 is 19.4 Å². The Balaban J connectivity index is 1.47. The van der Waals surface area contributed by atoms with Crippen LogP contribution >= 0.6 is 11.8 Å². The molecule has 4 rings (SSSR count). The largest absolute Gasteiger partial charge is 0.495 e. The average Bonchev–Trinajstić information content (AvgIpc) is 3.44. The number of nitrogens with one attached hydrogen (secondary N) is 1. The van der Waals surface area contributed by atoms with E-state index in [0.717, 1.165) is 43.6 Å². The van der Waals surface area contributed by atoms with Crippen LogP contribution in [0.2, 0.25) is 0 Å². The van der Waals surface area contributed by atoms with Crippen LogP contribution < -0.4 is 15.0 Å². The molecule has 1 aromatic carbocycles. The number of amides is 1. The second kappa shape index (κ2) is 9.91. The number of methoxy groups -OCH3 is 1. The lowest BCUT2D eigenvalue weighted by Gasteiger charge is -2.31. The molecule has 8 nitrogen and oxygen atoms in total. The van der Waals surface area contributed by atoms with Crippen LogP contribution in [-0.4, -0.2) is 46.6 Å². The number of thioether (sulfide) groups is 1. The molecule has 3 heterocycles. The van der Waals surface area contributed by atoms with E-state index in [1.807, 2.05) is 41.0 Å². The quantitative estimate of drug-likeness (QED) is 0.531. The summed E-state index contributed by atoms with van der Waals surface area (Å²) in [5, 5.41) is 12.4. The molecule has 3 aromatic rings. The lowest BCUT2D eigenvalue weighted by Crippen LogP contribution is -2.35. The van der Waals surface area contributed by atoms with Gasteiger partial charge in [-0.1, -0.05) is 30.8 Å². The maximum absolute atomic E-state index is 12.6. The van der Waals surface area contributed by atoms with Crippen molar-refractivity contribution in [1.29, 1.82) is 0 Å². The summed E-state index contributed by atoms with van der Waals surface area (Å²) in [5.41, 5.74) is 0.649. The van der Waals surface area contributed by atoms with Crippen molar-refractivity contribution in [2.24, 2.45) is 5.92 Å². The first-order valence-corrected chi connectivity index (χ1v) is 11.4. The highest BCUT2D eigenvalue weighted by Gasteiger charge is 2.23. The molecule has 1 fully saturated rings. The van der Waals surface area contributed by atoms with E-state index in [9.17, 15) is 4.79 Å². The van der Waals surface area contributed by atoms with Crippen molar-refractivity contribution in [3.63, 3.8) is 0 Å². The van der Waals surface area contributed by atoms with Gasteiger partial charge in [0.25, 0.3) is 0 Å². The van der Waals surface area contributed by atoms with Crippen LogP contribution in [0.15, 0.2) is 52.2 Å². The van der Waals surface area contributed by atoms with Gasteiger partial charge in [-0.25, -0.2) is 0 Å². The third-order valence-corrected chi connectivity index (χ3v) is 6.34. The van der Waals surface area contributed by atoms with Gasteiger partial charge >= 0.3 is 0 Å². The molecule has 164 valence electrons. The van der Waals surface area contributed by atoms with E-state index in [1.54, 1.807) is 13.4 Å². The number of benzene rings is 1. The van der Waals surface area contributed by atoms with Crippen LogP contribution in [0.3, 0.4) is 0 Å². The molecule has 0 spiro atoms. The Morgan fingerprint density at radius 1 is 1.23 bits per heavy atom. The van der Waals surface area contributed by atoms with Crippen molar-refractivity contribution < 1.29 is 13.9 Å². The first-order chi connectivity index (χ1) is 15.1. The molecule has 0 unspecified atom stereocenters. The minimum absolute atomic E-state index is 0.129. The summed E-state index contributed by atoms with van der Waals surface area (Å²) in [4.78, 5) is 14.8. The van der Waals surface area contributed by atoms with E-state index in [2.05, 4.69) is 27.3 Å². The van der Waals surface area contributed by atoms with Gasteiger partial charge in [0.05, 0.1) is 31.4 Å². The van der Waals surface area contributed by atoms with E-state index in [-0.39, 0.29) is 11.7 Å². The fourth-order valence-electron chi connectivity index (χ4n) is 3.59. The number of piperidine rings is 1. The van der Waals surface area contributed by atoms with E-state index >= 15 is 0 Å². The Hall–Kier alpha value is -2.94. The van der Waals surface area contributed by atoms with Crippen LogP contribution in [0.1, 0.15) is 25.5 Å². The topological polar surface area (TPSA) is 85.4 Å². The number of carbonyl (C=O) groups is 1. The fourth-order valence-corrected chi connectivity index (χ4v) is 4.32. The van der Waals surface area contributed by atoms with Gasteiger partial charge in [-0.05, 0) is 43.0 Å². The molecule has 9 heteroatoms. The Labute approximate surface area is 186 Å². The van der Waals surface area contributed by atoms with Gasteiger partial charge in [0.15, 0.2) is 5.16 Å². The summed E-state index contributed by atoms with van der Waals surface area (Å²) < 4.78 is 12.9. The Morgan fingerprint density at radius 3 is 2.77 bits per heavy atom. The van der Waals surface area contributed by atoms with Gasteiger partial charge in [-0.15, -0.1) is 10.2 Å². The van der Waals surface area contributed by atoms with Gasteiger partial charge in [0, 0.05) is 13.1 Å². The molecule has 31 heavy (non-hydrogen) atoms. The third-order valence-electron chi connectivity index (χ3n) is 5.37. The molecule has 1 aliphatic rings. The maximum Gasteiger partial charge on any atom is 0.234 e. The van der Waals surface area contributed by atoms with Gasteiger partial charge in [-0.3, -0.25) is 9.36 Å². The molecule has 0 atom stereocenters. The standard InChI is InChI=1S/C22H27N5O3S/c1-16-9-11-26(12-10-16)21-24-25-22(27(21)14-17-6-5-13-30-17)31-15-20(28)23-18-7-3-4-8-19(18)29-2/h3-8,13,16H,9-12,14-15H2,1-2H3,(H,23,28). The minimum Gasteiger partial charge on any atom is -0.495 e. The number of hydrogen-bond acceptors (Lipinski definition) is 7. The van der Waals surface area contributed by atoms with Crippen molar-refractivity contribution >= 4 is 29.3 Å². The van der Waals surface area contributed by atoms with Crippen LogP contribution in [0.25, 0.3) is 0 Å². The van der Waals surface area contributed by atoms with Crippen LogP contribution in [0, 0.1) is 5.92 Å². The number of nitrogens with zero attached hydrogens (tertiary/aromatic N) is 4. The average molecular weight is 442 g/mol. The summed E-state index contributed by atoms with van der Waals surface area (Å²) in [7, 11) is 1.58. The zero-order chi connectivity index (χ0) is 21.6. The lowest BCUT2D eigenvalue weighted by molar-refractivity contribution is -0.113. The SMILES string of the molecule is COc1ccccc1NC(=O)CSc1nnc(N2CCC(C)CC2)n1Cc1ccco1. The van der Waals surface area contributed by atoms with Crippen molar-refractivity contribution in [3.05, 3.63) is 48.4 Å². The van der Waals surface area contributed by atoms with Gasteiger partial charge in [0.2, 0.25) is 11.9 Å². The van der Waals surface area contributed by atoms with Gasteiger partial charge in [-0.2, -0.15) is 0 Å². The molecule has 0 aliphatic carbocycles. The minimum atomic E-state index is -0.129. The first-order valence-electron chi connectivity index (χ1n) is 10.4. The molecule has 1 aliphatic heterocycles. The summed E-state index contributed by atoms with van der Waals surface area (Å²) in [5.74, 6) is 3.09. The number of para-hydroxylation sites is 2. The lowest BCUT2D eigenvalue weighted by atomic mass is 10.00. The fraction of sp³-hybridized carbons (Fsp3) is 0.409. The predicted molar refractivity (Wildman–Crippen MR) is 121 cm³/mol. The highest BCUT2D eigenvalue weighted by atomic mass is 32.2. The zero-order valence-electron chi connectivity index (χ0n) is 17.8. The Bertz CT molecular complexity index is 997. The number of aromatic nitrogens is 3. The smallest absolute Gasteiger partial charge is 0.234 e. The monoisotopic (exact) mass is 441 g/mol. The number of anilines is 2. The second-order valence-corrected chi connectivity index (χ2v) is 8.60. The first kappa shape index (κ1) is 21.3. The van der Waals surface area contributed by atoms with Gasteiger partial charge in [0.1, 0.15) is 11.5 Å². The molecule has 0 saturated carbocycles. The predicted octanol–water partition coefficient (Wildman–Crippen LogP) is 3.90. The zero-order valence-corrected chi connectivity index (χ0v) is 18.6. The van der Waals surface area contributed by atoms with E-state index in [0.29, 0.717) is 23.1 Å². The molecule has 2 aromatic heterocycles. The molecule has 1 saturated heterocycles. The Morgan fingerprint density at radius 2 is 2.03 bits per heavy atom. The summed E-state index contributed by atoms with van der Waals surface area (Å²) in [6.45, 7) is 4.72. The highest BCUT2D eigenvalue weighted by molar-refractivity contribution is 7.99. The number of hydrogen-bond donors (Lipinski definition) is 1. The normalized spacial score (nSPS) is 14.6. The van der Waals surface area contributed by atoms with Crippen LogP contribution in [-0.2, 0) is 11.3 Å². The summed E-state index contributed by atoms with van der Waals surface area (Å²) in [6.07, 6.45) is 3.93. The molecular weight excluding hydrogens is 414 g/mol. The van der Waals surface area contributed by atoms with Crippen LogP contribution in [0.5, 0.6) is 5.75 Å². The number of ether oxygens (including phenoxy) is 1. The van der Waals surface area contributed by atoms with Crippen molar-refractivity contribution in [1.82, 2.24) is 14.8 Å². The van der Waals surface area contributed by atoms with Crippen molar-refractivity contribution in [2.75, 3.05) is 36.2 Å². The third kappa shape index (κ3) is 5.22. The molecule has 0 radical (unpaired) electrons. The maximum atomic E-state index is 12.6. The molecule has 1 N–H and O–H groups in total. The molecule has 0 bridgehead atoms. The number of carbonyl (C=O) groups excluding carboxylic acids is 1. The van der Waals surface area contributed by atoms with Crippen LogP contribution in [0.4, 0.5) is 11.6 Å². The molecule has 1 amide bonds. The van der Waals surface area contributed by atoms with Crippen molar-refractivity contribution in [2.45, 2.75) is 31.5 Å². The van der Waals surface area contributed by atoms with E-state index < -0.39 is 0 Å². The van der Waals surface area contributed by atoms with Crippen molar-refractivity contribution in [3.8, 4) is 5.75 Å². The summed E-state index contributed by atoms with van der Waals surface area (Å²) >= 11 is 1.36.